The first-order valence-corrected chi connectivity index (χ1v) is 15.5. The van der Waals surface area contributed by atoms with Crippen LogP contribution in [-0.2, 0) is 26.2 Å². The number of carbonyl (C=O) groups is 2. The molecule has 2 heterocycles. The number of halogens is 1. The summed E-state index contributed by atoms with van der Waals surface area (Å²) < 4.78 is 29.4. The van der Waals surface area contributed by atoms with Crippen LogP contribution in [0.15, 0.2) is 53.4 Å². The molecular weight excluding hydrogens is 617 g/mol. The molecule has 2 aromatic carbocycles. The minimum Gasteiger partial charge on any atom is -0.378 e. The number of carbonyl (C=O) groups excluding carboxylic acids is 2. The Kier molecular flexibility index (Phi) is 9.66. The van der Waals surface area contributed by atoms with E-state index < -0.39 is 22.0 Å². The molecule has 0 unspecified atom stereocenters. The normalized spacial score (nSPS) is 19.2. The summed E-state index contributed by atoms with van der Waals surface area (Å²) in [5, 5.41) is 2.91. The van der Waals surface area contributed by atoms with Crippen LogP contribution in [0.3, 0.4) is 0 Å². The SMILES string of the molecule is CN(C)c1ccc(CNC(=O)[C@H]2CN(C(=O)CN3CCCCC3)CCN2S(=O)(=O)c2ccc(I)cc2)cc1. The first kappa shape index (κ1) is 28.8. The molecule has 9 nitrogen and oxygen atoms in total. The van der Waals surface area contributed by atoms with Gasteiger partial charge in [0.15, 0.2) is 0 Å². The second-order valence-corrected chi connectivity index (χ2v) is 13.2. The summed E-state index contributed by atoms with van der Waals surface area (Å²) >= 11 is 2.12. The molecule has 206 valence electrons. The monoisotopic (exact) mass is 653 g/mol. The van der Waals surface area contributed by atoms with E-state index in [0.29, 0.717) is 6.54 Å². The van der Waals surface area contributed by atoms with Gasteiger partial charge in [-0.15, -0.1) is 0 Å². The van der Waals surface area contributed by atoms with Gasteiger partial charge in [-0.25, -0.2) is 8.42 Å². The van der Waals surface area contributed by atoms with Gasteiger partial charge in [-0.05, 0) is 90.5 Å². The number of piperidine rings is 1. The van der Waals surface area contributed by atoms with E-state index in [0.717, 1.165) is 40.8 Å². The molecule has 2 fully saturated rings. The van der Waals surface area contributed by atoms with Crippen LogP contribution in [0, 0.1) is 3.57 Å². The Balaban J connectivity index is 1.51. The van der Waals surface area contributed by atoms with E-state index in [9.17, 15) is 18.0 Å². The topological polar surface area (TPSA) is 93.3 Å². The Hall–Kier alpha value is -2.22. The number of likely N-dealkylation sites (tertiary alicyclic amines) is 1. The molecule has 11 heteroatoms. The fourth-order valence-electron chi connectivity index (χ4n) is 4.86. The highest BCUT2D eigenvalue weighted by Gasteiger charge is 2.41. The van der Waals surface area contributed by atoms with Crippen LogP contribution in [0.1, 0.15) is 24.8 Å². The van der Waals surface area contributed by atoms with Crippen LogP contribution >= 0.6 is 22.6 Å². The first-order valence-electron chi connectivity index (χ1n) is 13.0. The Morgan fingerprint density at radius 3 is 2.24 bits per heavy atom. The highest BCUT2D eigenvalue weighted by molar-refractivity contribution is 14.1. The Bertz CT molecular complexity index is 1220. The largest absolute Gasteiger partial charge is 0.378 e. The number of hydrogen-bond donors (Lipinski definition) is 1. The first-order chi connectivity index (χ1) is 18.1. The zero-order valence-corrected chi connectivity index (χ0v) is 24.9. The maximum atomic E-state index is 13.6. The van der Waals surface area contributed by atoms with Crippen LogP contribution in [0.4, 0.5) is 5.69 Å². The van der Waals surface area contributed by atoms with Crippen molar-refractivity contribution in [3.8, 4) is 0 Å². The summed E-state index contributed by atoms with van der Waals surface area (Å²) in [7, 11) is -0.0138. The van der Waals surface area contributed by atoms with E-state index in [1.165, 1.54) is 10.7 Å². The Morgan fingerprint density at radius 1 is 0.947 bits per heavy atom. The molecule has 0 radical (unpaired) electrons. The lowest BCUT2D eigenvalue weighted by molar-refractivity contribution is -0.137. The van der Waals surface area contributed by atoms with Crippen LogP contribution < -0.4 is 10.2 Å². The summed E-state index contributed by atoms with van der Waals surface area (Å²) in [6.07, 6.45) is 3.34. The molecule has 0 bridgehead atoms. The molecular formula is C27H36IN5O4S. The van der Waals surface area contributed by atoms with Crippen molar-refractivity contribution in [2.24, 2.45) is 0 Å². The van der Waals surface area contributed by atoms with Gasteiger partial charge in [0.1, 0.15) is 6.04 Å². The third-order valence-electron chi connectivity index (χ3n) is 7.13. The van der Waals surface area contributed by atoms with Gasteiger partial charge < -0.3 is 15.1 Å². The van der Waals surface area contributed by atoms with Gasteiger partial charge in [0.25, 0.3) is 0 Å². The van der Waals surface area contributed by atoms with Gasteiger partial charge in [-0.3, -0.25) is 14.5 Å². The third-order valence-corrected chi connectivity index (χ3v) is 9.78. The zero-order valence-electron chi connectivity index (χ0n) is 22.0. The van der Waals surface area contributed by atoms with Crippen LogP contribution in [-0.4, -0.2) is 93.7 Å². The second-order valence-electron chi connectivity index (χ2n) is 10.0. The number of piperazine rings is 1. The van der Waals surface area contributed by atoms with Crippen LogP contribution in [0.5, 0.6) is 0 Å². The maximum Gasteiger partial charge on any atom is 0.243 e. The van der Waals surface area contributed by atoms with Gasteiger partial charge in [0.2, 0.25) is 21.8 Å². The minimum atomic E-state index is -3.93. The number of hydrogen-bond acceptors (Lipinski definition) is 6. The number of rotatable bonds is 8. The smallest absolute Gasteiger partial charge is 0.243 e. The summed E-state index contributed by atoms with van der Waals surface area (Å²) in [4.78, 5) is 32.5. The average molecular weight is 654 g/mol. The second kappa shape index (κ2) is 12.8. The molecule has 0 aromatic heterocycles. The van der Waals surface area contributed by atoms with E-state index in [1.807, 2.05) is 43.3 Å². The number of anilines is 1. The zero-order chi connectivity index (χ0) is 27.3. The van der Waals surface area contributed by atoms with Crippen LogP contribution in [0.25, 0.3) is 0 Å². The summed E-state index contributed by atoms with van der Waals surface area (Å²) in [6.45, 7) is 2.70. The fraction of sp³-hybridized carbons (Fsp3) is 0.481. The Morgan fingerprint density at radius 2 is 1.61 bits per heavy atom. The van der Waals surface area contributed by atoms with Crippen LogP contribution in [0.2, 0.25) is 0 Å². The van der Waals surface area contributed by atoms with Gasteiger partial charge in [0, 0.05) is 49.5 Å². The molecule has 4 rings (SSSR count). The van der Waals surface area contributed by atoms with Crippen molar-refractivity contribution in [2.45, 2.75) is 36.7 Å². The van der Waals surface area contributed by atoms with Crippen molar-refractivity contribution in [3.05, 3.63) is 57.7 Å². The predicted molar refractivity (Wildman–Crippen MR) is 156 cm³/mol. The Labute approximate surface area is 239 Å². The van der Waals surface area contributed by atoms with E-state index >= 15 is 0 Å². The summed E-state index contributed by atoms with van der Waals surface area (Å²) in [5.74, 6) is -0.471. The number of amides is 2. The van der Waals surface area contributed by atoms with E-state index in [2.05, 4.69) is 32.8 Å². The third kappa shape index (κ3) is 7.04. The quantitative estimate of drug-likeness (QED) is 0.440. The van der Waals surface area contributed by atoms with Crippen molar-refractivity contribution in [1.82, 2.24) is 19.4 Å². The number of sulfonamides is 1. The van der Waals surface area contributed by atoms with E-state index in [-0.39, 0.29) is 37.0 Å². The molecule has 2 aliphatic heterocycles. The number of nitrogens with zero attached hydrogens (tertiary/aromatic N) is 4. The molecule has 0 saturated carbocycles. The molecule has 2 aliphatic rings. The molecule has 2 saturated heterocycles. The lowest BCUT2D eigenvalue weighted by Gasteiger charge is -2.40. The van der Waals surface area contributed by atoms with Gasteiger partial charge >= 0.3 is 0 Å². The van der Waals surface area contributed by atoms with Crippen molar-refractivity contribution in [1.29, 1.82) is 0 Å². The molecule has 1 atom stereocenters. The highest BCUT2D eigenvalue weighted by atomic mass is 127. The molecule has 1 N–H and O–H groups in total. The molecule has 2 amide bonds. The number of benzene rings is 2. The van der Waals surface area contributed by atoms with Crippen molar-refractivity contribution in [3.63, 3.8) is 0 Å². The van der Waals surface area contributed by atoms with E-state index in [4.69, 9.17) is 0 Å². The van der Waals surface area contributed by atoms with Gasteiger partial charge in [-0.1, -0.05) is 18.6 Å². The van der Waals surface area contributed by atoms with Crippen molar-refractivity contribution in [2.75, 3.05) is 58.3 Å². The minimum absolute atomic E-state index is 0.0294. The van der Waals surface area contributed by atoms with Gasteiger partial charge in [-0.2, -0.15) is 4.31 Å². The van der Waals surface area contributed by atoms with Gasteiger partial charge in [0.05, 0.1) is 11.4 Å². The summed E-state index contributed by atoms with van der Waals surface area (Å²) in [6, 6.07) is 13.4. The lowest BCUT2D eigenvalue weighted by atomic mass is 10.1. The lowest BCUT2D eigenvalue weighted by Crippen LogP contribution is -2.62. The van der Waals surface area contributed by atoms with Crippen molar-refractivity contribution < 1.29 is 18.0 Å². The summed E-state index contributed by atoms with van der Waals surface area (Å²) in [5.41, 5.74) is 1.95. The molecule has 0 aliphatic carbocycles. The van der Waals surface area contributed by atoms with E-state index in [1.54, 1.807) is 29.2 Å². The molecule has 2 aromatic rings. The van der Waals surface area contributed by atoms with Crippen molar-refractivity contribution >= 4 is 50.1 Å². The molecule has 38 heavy (non-hydrogen) atoms. The maximum absolute atomic E-state index is 13.6. The number of nitrogens with one attached hydrogen (secondary N) is 1. The standard InChI is InChI=1S/C27H36IN5O4S/c1-30(2)23-10-6-21(7-11-23)18-29-27(35)25-19-32(26(34)20-31-14-4-3-5-15-31)16-17-33(25)38(36,37)24-12-8-22(28)9-13-24/h6-13,25H,3-5,14-20H2,1-2H3,(H,29,35)/t25-/m1/s1. The predicted octanol–water partition coefficient (Wildman–Crippen LogP) is 2.36. The average Bonchev–Trinajstić information content (AvgIpc) is 2.92. The highest BCUT2D eigenvalue weighted by Crippen LogP contribution is 2.23. The molecule has 0 spiro atoms. The fourth-order valence-corrected chi connectivity index (χ4v) is 6.79.